The van der Waals surface area contributed by atoms with Crippen molar-refractivity contribution in [3.8, 4) is 11.3 Å². The molecule has 2 heterocycles. The van der Waals surface area contributed by atoms with E-state index in [1.54, 1.807) is 12.1 Å². The van der Waals surface area contributed by atoms with Crippen LogP contribution in [0, 0.1) is 0 Å². The average molecular weight is 417 g/mol. The number of pyridine rings is 1. The molecule has 1 saturated heterocycles. The van der Waals surface area contributed by atoms with Crippen LogP contribution in [0.1, 0.15) is 15.9 Å². The number of benzene rings is 2. The summed E-state index contributed by atoms with van der Waals surface area (Å²) >= 11 is 0. The van der Waals surface area contributed by atoms with Crippen molar-refractivity contribution in [3.05, 3.63) is 78.0 Å². The van der Waals surface area contributed by atoms with Gasteiger partial charge >= 0.3 is 5.97 Å². The summed E-state index contributed by atoms with van der Waals surface area (Å²) in [5.41, 5.74) is 5.99. The molecule has 0 bridgehead atoms. The third kappa shape index (κ3) is 4.86. The van der Waals surface area contributed by atoms with E-state index in [9.17, 15) is 4.79 Å². The molecule has 160 valence electrons. The van der Waals surface area contributed by atoms with Crippen LogP contribution < -0.4 is 9.80 Å². The number of rotatable bonds is 6. The third-order valence-corrected chi connectivity index (χ3v) is 5.79. The Bertz CT molecular complexity index is 1020. The zero-order valence-electron chi connectivity index (χ0n) is 18.0. The van der Waals surface area contributed by atoms with Crippen molar-refractivity contribution in [1.29, 1.82) is 0 Å². The van der Waals surface area contributed by atoms with E-state index in [2.05, 4.69) is 50.0 Å². The Kier molecular flexibility index (Phi) is 6.18. The molecule has 1 N–H and O–H groups in total. The molecule has 0 unspecified atom stereocenters. The van der Waals surface area contributed by atoms with Crippen molar-refractivity contribution in [2.45, 2.75) is 6.54 Å². The van der Waals surface area contributed by atoms with Gasteiger partial charge in [-0.1, -0.05) is 18.2 Å². The molecule has 6 nitrogen and oxygen atoms in total. The molecular formula is C25H28N4O2. The SMILES string of the molecule is CN(C)c1ccc(-c2ncccc2CN2CCN(c3ccc(C(=O)O)cc3)CC2)cc1. The smallest absolute Gasteiger partial charge is 0.335 e. The molecular weight excluding hydrogens is 388 g/mol. The molecule has 1 aliphatic rings. The lowest BCUT2D eigenvalue weighted by Crippen LogP contribution is -2.46. The maximum absolute atomic E-state index is 11.1. The highest BCUT2D eigenvalue weighted by atomic mass is 16.4. The summed E-state index contributed by atoms with van der Waals surface area (Å²) < 4.78 is 0. The summed E-state index contributed by atoms with van der Waals surface area (Å²) in [6.45, 7) is 4.60. The van der Waals surface area contributed by atoms with Gasteiger partial charge in [-0.05, 0) is 48.0 Å². The summed E-state index contributed by atoms with van der Waals surface area (Å²) in [4.78, 5) is 22.6. The fourth-order valence-corrected chi connectivity index (χ4v) is 3.96. The van der Waals surface area contributed by atoms with Gasteiger partial charge < -0.3 is 14.9 Å². The van der Waals surface area contributed by atoms with Crippen LogP contribution in [0.15, 0.2) is 66.9 Å². The molecule has 0 radical (unpaired) electrons. The Morgan fingerprint density at radius 3 is 2.26 bits per heavy atom. The Morgan fingerprint density at radius 2 is 1.65 bits per heavy atom. The van der Waals surface area contributed by atoms with Crippen LogP contribution in [0.2, 0.25) is 0 Å². The molecule has 0 saturated carbocycles. The van der Waals surface area contributed by atoms with Gasteiger partial charge in [0.2, 0.25) is 0 Å². The second-order valence-corrected chi connectivity index (χ2v) is 8.07. The number of aromatic nitrogens is 1. The van der Waals surface area contributed by atoms with E-state index in [0.717, 1.165) is 49.7 Å². The summed E-state index contributed by atoms with van der Waals surface area (Å²) in [6, 6.07) is 19.9. The summed E-state index contributed by atoms with van der Waals surface area (Å²) in [5, 5.41) is 9.08. The van der Waals surface area contributed by atoms with Crippen LogP contribution >= 0.6 is 0 Å². The van der Waals surface area contributed by atoms with E-state index in [1.165, 1.54) is 11.3 Å². The van der Waals surface area contributed by atoms with Gasteiger partial charge in [-0.3, -0.25) is 9.88 Å². The number of nitrogens with zero attached hydrogens (tertiary/aromatic N) is 4. The normalized spacial score (nSPS) is 14.5. The van der Waals surface area contributed by atoms with E-state index >= 15 is 0 Å². The largest absolute Gasteiger partial charge is 0.478 e. The van der Waals surface area contributed by atoms with Gasteiger partial charge in [-0.25, -0.2) is 4.79 Å². The molecule has 1 aromatic heterocycles. The van der Waals surface area contributed by atoms with Crippen LogP contribution in [0.5, 0.6) is 0 Å². The van der Waals surface area contributed by atoms with E-state index in [1.807, 2.05) is 38.5 Å². The van der Waals surface area contributed by atoms with Crippen molar-refractivity contribution in [1.82, 2.24) is 9.88 Å². The van der Waals surface area contributed by atoms with E-state index in [4.69, 9.17) is 5.11 Å². The molecule has 0 atom stereocenters. The molecule has 0 amide bonds. The molecule has 3 aromatic rings. The molecule has 0 aliphatic carbocycles. The topological polar surface area (TPSA) is 59.9 Å². The number of piperazine rings is 1. The second kappa shape index (κ2) is 9.18. The molecule has 0 spiro atoms. The van der Waals surface area contributed by atoms with E-state index in [0.29, 0.717) is 5.56 Å². The molecule has 1 fully saturated rings. The first kappa shape index (κ1) is 20.9. The van der Waals surface area contributed by atoms with Crippen molar-refractivity contribution in [3.63, 3.8) is 0 Å². The van der Waals surface area contributed by atoms with Gasteiger partial charge in [0.05, 0.1) is 11.3 Å². The van der Waals surface area contributed by atoms with E-state index < -0.39 is 5.97 Å². The maximum atomic E-state index is 11.1. The number of anilines is 2. The van der Waals surface area contributed by atoms with Crippen molar-refractivity contribution in [2.75, 3.05) is 50.1 Å². The summed E-state index contributed by atoms with van der Waals surface area (Å²) in [7, 11) is 4.09. The van der Waals surface area contributed by atoms with Gasteiger partial charge in [0.15, 0.2) is 0 Å². The number of carboxylic acid groups (broad SMARTS) is 1. The standard InChI is InChI=1S/C25H28N4O2/c1-27(2)22-9-5-19(6-10-22)24-21(4-3-13-26-24)18-28-14-16-29(17-15-28)23-11-7-20(8-12-23)25(30)31/h3-13H,14-18H2,1-2H3,(H,30,31). The minimum atomic E-state index is -0.889. The van der Waals surface area contributed by atoms with Crippen LogP contribution in [0.4, 0.5) is 11.4 Å². The Hall–Kier alpha value is -3.38. The molecule has 4 rings (SSSR count). The highest BCUT2D eigenvalue weighted by molar-refractivity contribution is 5.88. The van der Waals surface area contributed by atoms with Crippen LogP contribution in [-0.4, -0.2) is 61.2 Å². The molecule has 6 heteroatoms. The maximum Gasteiger partial charge on any atom is 0.335 e. The number of hydrogen-bond donors (Lipinski definition) is 1. The fraction of sp³-hybridized carbons (Fsp3) is 0.280. The van der Waals surface area contributed by atoms with Gasteiger partial charge in [0, 0.05) is 70.0 Å². The Labute approximate surface area is 183 Å². The number of aromatic carboxylic acids is 1. The Morgan fingerprint density at radius 1 is 0.968 bits per heavy atom. The second-order valence-electron chi connectivity index (χ2n) is 8.07. The van der Waals surface area contributed by atoms with Crippen molar-refractivity contribution < 1.29 is 9.90 Å². The lowest BCUT2D eigenvalue weighted by Gasteiger charge is -2.36. The van der Waals surface area contributed by atoms with E-state index in [-0.39, 0.29) is 0 Å². The first-order valence-corrected chi connectivity index (χ1v) is 10.5. The fourth-order valence-electron chi connectivity index (χ4n) is 3.96. The van der Waals surface area contributed by atoms with Crippen LogP contribution in [-0.2, 0) is 6.54 Å². The molecule has 31 heavy (non-hydrogen) atoms. The minimum Gasteiger partial charge on any atom is -0.478 e. The highest BCUT2D eigenvalue weighted by Crippen LogP contribution is 2.25. The summed E-state index contributed by atoms with van der Waals surface area (Å²) in [6.07, 6.45) is 1.86. The third-order valence-electron chi connectivity index (χ3n) is 5.79. The van der Waals surface area contributed by atoms with Crippen LogP contribution in [0.25, 0.3) is 11.3 Å². The highest BCUT2D eigenvalue weighted by Gasteiger charge is 2.19. The number of carboxylic acids is 1. The lowest BCUT2D eigenvalue weighted by atomic mass is 10.0. The number of carbonyl (C=O) groups is 1. The Balaban J connectivity index is 1.41. The predicted molar refractivity (Wildman–Crippen MR) is 125 cm³/mol. The van der Waals surface area contributed by atoms with Gasteiger partial charge in [-0.2, -0.15) is 0 Å². The minimum absolute atomic E-state index is 0.324. The monoisotopic (exact) mass is 416 g/mol. The first-order chi connectivity index (χ1) is 15.0. The average Bonchev–Trinajstić information content (AvgIpc) is 2.80. The van der Waals surface area contributed by atoms with Gasteiger partial charge in [-0.15, -0.1) is 0 Å². The molecule has 2 aromatic carbocycles. The quantitative estimate of drug-likeness (QED) is 0.659. The lowest BCUT2D eigenvalue weighted by molar-refractivity contribution is 0.0697. The summed E-state index contributed by atoms with van der Waals surface area (Å²) in [5.74, 6) is -0.889. The van der Waals surface area contributed by atoms with Gasteiger partial charge in [0.1, 0.15) is 0 Å². The zero-order chi connectivity index (χ0) is 21.8. The van der Waals surface area contributed by atoms with Crippen molar-refractivity contribution in [2.24, 2.45) is 0 Å². The van der Waals surface area contributed by atoms with Gasteiger partial charge in [0.25, 0.3) is 0 Å². The zero-order valence-corrected chi connectivity index (χ0v) is 18.0. The predicted octanol–water partition coefficient (Wildman–Crippen LogP) is 3.84. The first-order valence-electron chi connectivity index (χ1n) is 10.5. The van der Waals surface area contributed by atoms with Crippen LogP contribution in [0.3, 0.4) is 0 Å². The molecule has 1 aliphatic heterocycles. The van der Waals surface area contributed by atoms with Crippen molar-refractivity contribution >= 4 is 17.3 Å². The number of hydrogen-bond acceptors (Lipinski definition) is 5.